The number of benzene rings is 1. The number of nitrogens with zero attached hydrogens (tertiary/aromatic N) is 1. The van der Waals surface area contributed by atoms with Gasteiger partial charge in [0.15, 0.2) is 0 Å². The molecule has 20 heavy (non-hydrogen) atoms. The third-order valence-corrected chi connectivity index (χ3v) is 4.38. The first-order chi connectivity index (χ1) is 9.61. The highest BCUT2D eigenvalue weighted by atomic mass is 16.2. The molecule has 0 aliphatic heterocycles. The highest BCUT2D eigenvalue weighted by molar-refractivity contribution is 5.79. The van der Waals surface area contributed by atoms with Gasteiger partial charge in [-0.05, 0) is 43.4 Å². The minimum Gasteiger partial charge on any atom is -0.338 e. The van der Waals surface area contributed by atoms with Gasteiger partial charge in [0.05, 0.1) is 6.42 Å². The maximum Gasteiger partial charge on any atom is 0.227 e. The van der Waals surface area contributed by atoms with Crippen LogP contribution >= 0.6 is 0 Å². The number of nitrogens with two attached hydrogens (primary N) is 1. The van der Waals surface area contributed by atoms with E-state index in [-0.39, 0.29) is 5.91 Å². The Balaban J connectivity index is 2.05. The summed E-state index contributed by atoms with van der Waals surface area (Å²) < 4.78 is 0. The molecule has 1 saturated carbocycles. The molecule has 110 valence electrons. The van der Waals surface area contributed by atoms with Crippen molar-refractivity contribution in [1.82, 2.24) is 4.90 Å². The van der Waals surface area contributed by atoms with Gasteiger partial charge in [0.25, 0.3) is 0 Å². The van der Waals surface area contributed by atoms with Crippen molar-refractivity contribution in [2.45, 2.75) is 52.0 Å². The second kappa shape index (κ2) is 6.89. The van der Waals surface area contributed by atoms with E-state index in [1.54, 1.807) is 0 Å². The molecule has 1 aromatic carbocycles. The summed E-state index contributed by atoms with van der Waals surface area (Å²) >= 11 is 0. The monoisotopic (exact) mass is 274 g/mol. The van der Waals surface area contributed by atoms with Gasteiger partial charge in [-0.15, -0.1) is 0 Å². The third kappa shape index (κ3) is 3.60. The summed E-state index contributed by atoms with van der Waals surface area (Å²) in [5.41, 5.74) is 9.31. The Morgan fingerprint density at radius 1 is 1.25 bits per heavy atom. The Morgan fingerprint density at radius 2 is 1.95 bits per heavy atom. The van der Waals surface area contributed by atoms with Crippen molar-refractivity contribution in [3.8, 4) is 0 Å². The van der Waals surface area contributed by atoms with Gasteiger partial charge in [0.1, 0.15) is 0 Å². The van der Waals surface area contributed by atoms with Gasteiger partial charge < -0.3 is 10.6 Å². The summed E-state index contributed by atoms with van der Waals surface area (Å²) in [7, 11) is 0. The normalized spacial score (nSPS) is 15.6. The van der Waals surface area contributed by atoms with Crippen LogP contribution < -0.4 is 5.73 Å². The summed E-state index contributed by atoms with van der Waals surface area (Å²) in [5.74, 6) is 0.227. The van der Waals surface area contributed by atoms with E-state index in [1.165, 1.54) is 24.0 Å². The lowest BCUT2D eigenvalue weighted by Gasteiger charge is -2.28. The topological polar surface area (TPSA) is 46.3 Å². The van der Waals surface area contributed by atoms with Gasteiger partial charge in [-0.1, -0.05) is 31.0 Å². The van der Waals surface area contributed by atoms with Crippen LogP contribution in [0.15, 0.2) is 18.2 Å². The second-order valence-corrected chi connectivity index (χ2v) is 5.91. The standard InChI is InChI=1S/C17H26N2O/c1-13-7-8-15(11-14(13)2)12-17(20)19(10-9-18)16-5-3-4-6-16/h7-8,11,16H,3-6,9-10,12,18H2,1-2H3. The fourth-order valence-corrected chi connectivity index (χ4v) is 3.06. The highest BCUT2D eigenvalue weighted by Crippen LogP contribution is 2.24. The number of amides is 1. The molecule has 2 N–H and O–H groups in total. The molecule has 1 fully saturated rings. The summed E-state index contributed by atoms with van der Waals surface area (Å²) in [4.78, 5) is 14.6. The number of carbonyl (C=O) groups excluding carboxylic acids is 1. The minimum atomic E-state index is 0.227. The summed E-state index contributed by atoms with van der Waals surface area (Å²) in [6, 6.07) is 6.70. The molecule has 2 rings (SSSR count). The third-order valence-electron chi connectivity index (χ3n) is 4.38. The van der Waals surface area contributed by atoms with Crippen LogP contribution in [0.3, 0.4) is 0 Å². The first-order valence-corrected chi connectivity index (χ1v) is 7.67. The Bertz CT molecular complexity index is 464. The molecule has 0 aromatic heterocycles. The first kappa shape index (κ1) is 15.0. The van der Waals surface area contributed by atoms with E-state index in [1.807, 2.05) is 4.90 Å². The largest absolute Gasteiger partial charge is 0.338 e. The van der Waals surface area contributed by atoms with Crippen LogP contribution in [-0.2, 0) is 11.2 Å². The lowest BCUT2D eigenvalue weighted by Crippen LogP contribution is -2.42. The van der Waals surface area contributed by atoms with Crippen molar-refractivity contribution in [1.29, 1.82) is 0 Å². The zero-order valence-electron chi connectivity index (χ0n) is 12.7. The van der Waals surface area contributed by atoms with Crippen LogP contribution in [0.1, 0.15) is 42.4 Å². The lowest BCUT2D eigenvalue weighted by molar-refractivity contribution is -0.132. The number of hydrogen-bond donors (Lipinski definition) is 1. The lowest BCUT2D eigenvalue weighted by atomic mass is 10.0. The molecular weight excluding hydrogens is 248 g/mol. The van der Waals surface area contributed by atoms with Crippen molar-refractivity contribution in [2.24, 2.45) is 5.73 Å². The SMILES string of the molecule is Cc1ccc(CC(=O)N(CCN)C2CCCC2)cc1C. The second-order valence-electron chi connectivity index (χ2n) is 5.91. The number of aryl methyl sites for hydroxylation is 2. The Morgan fingerprint density at radius 3 is 2.55 bits per heavy atom. The predicted molar refractivity (Wildman–Crippen MR) is 82.6 cm³/mol. The zero-order valence-corrected chi connectivity index (χ0v) is 12.7. The molecule has 0 spiro atoms. The minimum absolute atomic E-state index is 0.227. The molecule has 0 unspecified atom stereocenters. The van der Waals surface area contributed by atoms with E-state index >= 15 is 0 Å². The molecule has 1 amide bonds. The maximum absolute atomic E-state index is 12.6. The Hall–Kier alpha value is -1.35. The summed E-state index contributed by atoms with van der Waals surface area (Å²) in [6.07, 6.45) is 5.25. The molecule has 1 aliphatic rings. The van der Waals surface area contributed by atoms with E-state index in [4.69, 9.17) is 5.73 Å². The van der Waals surface area contributed by atoms with Crippen molar-refractivity contribution >= 4 is 5.91 Å². The van der Waals surface area contributed by atoms with E-state index in [0.29, 0.717) is 25.6 Å². The average Bonchev–Trinajstić information content (AvgIpc) is 2.94. The molecule has 0 heterocycles. The van der Waals surface area contributed by atoms with Gasteiger partial charge in [-0.3, -0.25) is 4.79 Å². The van der Waals surface area contributed by atoms with Crippen LogP contribution in [0.2, 0.25) is 0 Å². The van der Waals surface area contributed by atoms with Crippen LogP contribution in [0.25, 0.3) is 0 Å². The van der Waals surface area contributed by atoms with Gasteiger partial charge in [0, 0.05) is 19.1 Å². The van der Waals surface area contributed by atoms with Crippen LogP contribution in [-0.4, -0.2) is 29.9 Å². The smallest absolute Gasteiger partial charge is 0.227 e. The molecule has 0 bridgehead atoms. The fraction of sp³-hybridized carbons (Fsp3) is 0.588. The first-order valence-electron chi connectivity index (χ1n) is 7.67. The maximum atomic E-state index is 12.6. The van der Waals surface area contributed by atoms with E-state index in [2.05, 4.69) is 32.0 Å². The van der Waals surface area contributed by atoms with Crippen LogP contribution in [0.4, 0.5) is 0 Å². The number of carbonyl (C=O) groups is 1. The molecular formula is C17H26N2O. The van der Waals surface area contributed by atoms with Gasteiger partial charge in [-0.25, -0.2) is 0 Å². The van der Waals surface area contributed by atoms with Gasteiger partial charge >= 0.3 is 0 Å². The van der Waals surface area contributed by atoms with E-state index in [9.17, 15) is 4.79 Å². The van der Waals surface area contributed by atoms with Crippen molar-refractivity contribution in [3.63, 3.8) is 0 Å². The molecule has 0 radical (unpaired) electrons. The van der Waals surface area contributed by atoms with Crippen molar-refractivity contribution < 1.29 is 4.79 Å². The summed E-state index contributed by atoms with van der Waals surface area (Å²) in [5, 5.41) is 0. The Kier molecular flexibility index (Phi) is 5.18. The van der Waals surface area contributed by atoms with E-state index < -0.39 is 0 Å². The fourth-order valence-electron chi connectivity index (χ4n) is 3.06. The molecule has 0 atom stereocenters. The zero-order chi connectivity index (χ0) is 14.5. The van der Waals surface area contributed by atoms with Crippen LogP contribution in [0.5, 0.6) is 0 Å². The molecule has 1 aromatic rings. The number of rotatable bonds is 5. The predicted octanol–water partition coefficient (Wildman–Crippen LogP) is 2.58. The van der Waals surface area contributed by atoms with Crippen LogP contribution in [0, 0.1) is 13.8 Å². The average molecular weight is 274 g/mol. The van der Waals surface area contributed by atoms with Gasteiger partial charge in [0.2, 0.25) is 5.91 Å². The van der Waals surface area contributed by atoms with E-state index in [0.717, 1.165) is 18.4 Å². The molecule has 0 saturated heterocycles. The number of hydrogen-bond acceptors (Lipinski definition) is 2. The van der Waals surface area contributed by atoms with Crippen molar-refractivity contribution in [3.05, 3.63) is 34.9 Å². The summed E-state index contributed by atoms with van der Waals surface area (Å²) in [6.45, 7) is 5.43. The molecule has 1 aliphatic carbocycles. The molecule has 3 heteroatoms. The van der Waals surface area contributed by atoms with Crippen molar-refractivity contribution in [2.75, 3.05) is 13.1 Å². The van der Waals surface area contributed by atoms with Gasteiger partial charge in [-0.2, -0.15) is 0 Å². The molecule has 3 nitrogen and oxygen atoms in total. The highest BCUT2D eigenvalue weighted by Gasteiger charge is 2.25. The quantitative estimate of drug-likeness (QED) is 0.897. The Labute approximate surface area is 122 Å².